The molecular weight excluding hydrogens is 274 g/mol. The van der Waals surface area contributed by atoms with E-state index in [4.69, 9.17) is 5.11 Å². The topological polar surface area (TPSA) is 68.0 Å². The highest BCUT2D eigenvalue weighted by atomic mass is 79.9. The summed E-state index contributed by atoms with van der Waals surface area (Å²) >= 11 is 3.26. The normalized spacial score (nSPS) is 10.4. The van der Waals surface area contributed by atoms with Crippen molar-refractivity contribution < 1.29 is 9.90 Å². The molecule has 0 radical (unpaired) electrons. The van der Waals surface area contributed by atoms with E-state index in [0.717, 1.165) is 10.2 Å². The summed E-state index contributed by atoms with van der Waals surface area (Å²) in [4.78, 5) is 15.0. The van der Waals surface area contributed by atoms with E-state index in [1.807, 2.05) is 0 Å². The molecule has 0 fully saturated rings. The second-order valence-corrected chi connectivity index (χ2v) is 4.17. The number of hydrogen-bond donors (Lipinski definition) is 1. The predicted octanol–water partition coefficient (Wildman–Crippen LogP) is 2.04. The van der Waals surface area contributed by atoms with Gasteiger partial charge in [0.15, 0.2) is 0 Å². The van der Waals surface area contributed by atoms with Crippen molar-refractivity contribution in [3.63, 3.8) is 0 Å². The lowest BCUT2D eigenvalue weighted by molar-refractivity contribution is 0.0696. The average molecular weight is 282 g/mol. The zero-order chi connectivity index (χ0) is 11.7. The molecule has 6 heteroatoms. The van der Waals surface area contributed by atoms with Crippen molar-refractivity contribution >= 4 is 21.9 Å². The molecule has 16 heavy (non-hydrogen) atoms. The molecule has 0 aliphatic carbocycles. The summed E-state index contributed by atoms with van der Waals surface area (Å²) in [5, 5.41) is 13.1. The number of carbonyl (C=O) groups is 1. The van der Waals surface area contributed by atoms with Gasteiger partial charge in [-0.25, -0.2) is 9.48 Å². The minimum absolute atomic E-state index is 0.126. The van der Waals surface area contributed by atoms with Gasteiger partial charge in [0.25, 0.3) is 0 Å². The Balaban J connectivity index is 2.62. The molecule has 0 unspecified atom stereocenters. The summed E-state index contributed by atoms with van der Waals surface area (Å²) in [7, 11) is 0. The summed E-state index contributed by atoms with van der Waals surface area (Å²) in [5.41, 5.74) is 1.37. The van der Waals surface area contributed by atoms with Crippen LogP contribution in [0.1, 0.15) is 16.1 Å². The third kappa shape index (κ3) is 1.96. The Kier molecular flexibility index (Phi) is 2.74. The van der Waals surface area contributed by atoms with E-state index >= 15 is 0 Å². The van der Waals surface area contributed by atoms with Gasteiger partial charge in [0, 0.05) is 18.1 Å². The van der Waals surface area contributed by atoms with E-state index in [-0.39, 0.29) is 5.56 Å². The van der Waals surface area contributed by atoms with Crippen molar-refractivity contribution in [2.24, 2.45) is 0 Å². The molecule has 0 aliphatic heterocycles. The van der Waals surface area contributed by atoms with Gasteiger partial charge in [-0.3, -0.25) is 4.98 Å². The SMILES string of the molecule is Cc1cc(-n2cc(Br)cn2)c(C(=O)O)cn1. The quantitative estimate of drug-likeness (QED) is 0.915. The molecule has 0 spiro atoms. The highest BCUT2D eigenvalue weighted by Crippen LogP contribution is 2.17. The summed E-state index contributed by atoms with van der Waals surface area (Å²) < 4.78 is 2.29. The molecule has 2 heterocycles. The average Bonchev–Trinajstić information content (AvgIpc) is 2.64. The number of aryl methyl sites for hydroxylation is 1. The Bertz CT molecular complexity index is 551. The summed E-state index contributed by atoms with van der Waals surface area (Å²) in [5.74, 6) is -1.02. The van der Waals surface area contributed by atoms with Gasteiger partial charge in [-0.05, 0) is 28.9 Å². The summed E-state index contributed by atoms with van der Waals surface area (Å²) in [6.07, 6.45) is 4.63. The lowest BCUT2D eigenvalue weighted by Crippen LogP contribution is -2.07. The number of aromatic carboxylic acids is 1. The molecular formula is C10H8BrN3O2. The van der Waals surface area contributed by atoms with E-state index in [2.05, 4.69) is 26.0 Å². The number of rotatable bonds is 2. The van der Waals surface area contributed by atoms with E-state index in [0.29, 0.717) is 5.69 Å². The van der Waals surface area contributed by atoms with Crippen LogP contribution in [0, 0.1) is 6.92 Å². The highest BCUT2D eigenvalue weighted by molar-refractivity contribution is 9.10. The maximum atomic E-state index is 11.0. The maximum Gasteiger partial charge on any atom is 0.339 e. The lowest BCUT2D eigenvalue weighted by Gasteiger charge is -2.06. The first-order valence-corrected chi connectivity index (χ1v) is 5.27. The van der Waals surface area contributed by atoms with Gasteiger partial charge >= 0.3 is 5.97 Å². The molecule has 0 bridgehead atoms. The third-order valence-electron chi connectivity index (χ3n) is 2.05. The molecule has 0 amide bonds. The first-order valence-electron chi connectivity index (χ1n) is 4.48. The Morgan fingerprint density at radius 2 is 2.25 bits per heavy atom. The van der Waals surface area contributed by atoms with Gasteiger partial charge < -0.3 is 5.11 Å². The van der Waals surface area contributed by atoms with Crippen molar-refractivity contribution in [3.05, 3.63) is 40.4 Å². The zero-order valence-corrected chi connectivity index (χ0v) is 9.97. The van der Waals surface area contributed by atoms with Crippen LogP contribution in [0.4, 0.5) is 0 Å². The second-order valence-electron chi connectivity index (χ2n) is 3.25. The van der Waals surface area contributed by atoms with Crippen LogP contribution in [0.25, 0.3) is 5.69 Å². The number of carboxylic acid groups (broad SMARTS) is 1. The molecule has 82 valence electrons. The number of nitrogens with zero attached hydrogens (tertiary/aromatic N) is 3. The predicted molar refractivity (Wildman–Crippen MR) is 60.8 cm³/mol. The van der Waals surface area contributed by atoms with Crippen molar-refractivity contribution in [2.45, 2.75) is 6.92 Å². The van der Waals surface area contributed by atoms with Crippen molar-refractivity contribution in [2.75, 3.05) is 0 Å². The number of carboxylic acids is 1. The van der Waals surface area contributed by atoms with Crippen LogP contribution in [-0.2, 0) is 0 Å². The largest absolute Gasteiger partial charge is 0.478 e. The second kappa shape index (κ2) is 4.05. The first-order chi connectivity index (χ1) is 7.58. The smallest absolute Gasteiger partial charge is 0.339 e. The summed E-state index contributed by atoms with van der Waals surface area (Å²) in [6.45, 7) is 1.80. The summed E-state index contributed by atoms with van der Waals surface area (Å²) in [6, 6.07) is 1.68. The molecule has 5 nitrogen and oxygen atoms in total. The minimum Gasteiger partial charge on any atom is -0.478 e. The van der Waals surface area contributed by atoms with Gasteiger partial charge in [0.1, 0.15) is 5.56 Å². The standard InChI is InChI=1S/C10H8BrN3O2/c1-6-2-9(8(4-12-6)10(15)16)14-5-7(11)3-13-14/h2-5H,1H3,(H,15,16). The zero-order valence-electron chi connectivity index (χ0n) is 8.38. The van der Waals surface area contributed by atoms with Gasteiger partial charge in [0.05, 0.1) is 16.4 Å². The van der Waals surface area contributed by atoms with E-state index in [1.165, 1.54) is 10.9 Å². The van der Waals surface area contributed by atoms with Crippen molar-refractivity contribution in [1.82, 2.24) is 14.8 Å². The Morgan fingerprint density at radius 3 is 2.81 bits per heavy atom. The molecule has 2 aromatic heterocycles. The number of pyridine rings is 1. The molecule has 0 aromatic carbocycles. The van der Waals surface area contributed by atoms with E-state index in [9.17, 15) is 4.79 Å². The maximum absolute atomic E-state index is 11.0. The van der Waals surface area contributed by atoms with Crippen LogP contribution in [0.3, 0.4) is 0 Å². The lowest BCUT2D eigenvalue weighted by atomic mass is 10.2. The van der Waals surface area contributed by atoms with Gasteiger partial charge in [-0.1, -0.05) is 0 Å². The van der Waals surface area contributed by atoms with Crippen LogP contribution in [0.15, 0.2) is 29.1 Å². The minimum atomic E-state index is -1.02. The Hall–Kier alpha value is -1.69. The fourth-order valence-corrected chi connectivity index (χ4v) is 1.62. The number of halogens is 1. The Labute approximate surface area is 99.9 Å². The van der Waals surface area contributed by atoms with E-state index in [1.54, 1.807) is 25.4 Å². The monoisotopic (exact) mass is 281 g/mol. The fraction of sp³-hybridized carbons (Fsp3) is 0.100. The van der Waals surface area contributed by atoms with Crippen LogP contribution < -0.4 is 0 Å². The highest BCUT2D eigenvalue weighted by Gasteiger charge is 2.13. The molecule has 0 saturated heterocycles. The van der Waals surface area contributed by atoms with Crippen molar-refractivity contribution in [3.8, 4) is 5.69 Å². The molecule has 2 aromatic rings. The first kappa shape index (κ1) is 10.8. The van der Waals surface area contributed by atoms with Crippen LogP contribution >= 0.6 is 15.9 Å². The molecule has 0 aliphatic rings. The number of hydrogen-bond acceptors (Lipinski definition) is 3. The van der Waals surface area contributed by atoms with Crippen molar-refractivity contribution in [1.29, 1.82) is 0 Å². The fourth-order valence-electron chi connectivity index (χ4n) is 1.33. The molecule has 2 rings (SSSR count). The Morgan fingerprint density at radius 1 is 1.50 bits per heavy atom. The van der Waals surface area contributed by atoms with Gasteiger partial charge in [0.2, 0.25) is 0 Å². The molecule has 0 saturated carbocycles. The van der Waals surface area contributed by atoms with Gasteiger partial charge in [-0.2, -0.15) is 5.10 Å². The molecule has 0 atom stereocenters. The number of aromatic nitrogens is 3. The van der Waals surface area contributed by atoms with Crippen LogP contribution in [0.2, 0.25) is 0 Å². The third-order valence-corrected chi connectivity index (χ3v) is 2.46. The van der Waals surface area contributed by atoms with E-state index < -0.39 is 5.97 Å². The van der Waals surface area contributed by atoms with Crippen LogP contribution in [0.5, 0.6) is 0 Å². The molecule has 1 N–H and O–H groups in total. The van der Waals surface area contributed by atoms with Crippen LogP contribution in [-0.4, -0.2) is 25.8 Å². The van der Waals surface area contributed by atoms with Gasteiger partial charge in [-0.15, -0.1) is 0 Å².